The van der Waals surface area contributed by atoms with Gasteiger partial charge in [0.1, 0.15) is 5.00 Å². The van der Waals surface area contributed by atoms with Crippen LogP contribution in [0.1, 0.15) is 37.0 Å². The van der Waals surface area contributed by atoms with Crippen LogP contribution in [0.15, 0.2) is 22.6 Å². The number of primary amides is 1. The number of carbonyl (C=O) groups excluding carboxylic acids is 2. The van der Waals surface area contributed by atoms with E-state index in [0.717, 1.165) is 11.1 Å². The number of aliphatic carboxylic acids is 1. The van der Waals surface area contributed by atoms with E-state index in [9.17, 15) is 19.5 Å². The van der Waals surface area contributed by atoms with Crippen molar-refractivity contribution in [2.45, 2.75) is 26.7 Å². The third-order valence-electron chi connectivity index (χ3n) is 4.09. The van der Waals surface area contributed by atoms with Crippen molar-refractivity contribution >= 4 is 34.1 Å². The zero-order chi connectivity index (χ0) is 16.4. The Morgan fingerprint density at radius 1 is 1.23 bits per heavy atom. The van der Waals surface area contributed by atoms with Crippen molar-refractivity contribution in [1.29, 1.82) is 0 Å². The number of carbonyl (C=O) groups is 3. The van der Waals surface area contributed by atoms with Gasteiger partial charge >= 0.3 is 5.97 Å². The number of thiophene rings is 1. The SMILES string of the molecule is CC1=C(C)C[C@H](C(=O)Nc2sccc2C(N)=O)[C@@H](C(=O)O)C1. The van der Waals surface area contributed by atoms with Crippen molar-refractivity contribution in [2.24, 2.45) is 17.6 Å². The van der Waals surface area contributed by atoms with Crippen LogP contribution in [-0.4, -0.2) is 22.9 Å². The molecule has 0 saturated heterocycles. The summed E-state index contributed by atoms with van der Waals surface area (Å²) in [5, 5.41) is 14.0. The molecule has 118 valence electrons. The Morgan fingerprint density at radius 3 is 2.36 bits per heavy atom. The Morgan fingerprint density at radius 2 is 1.82 bits per heavy atom. The summed E-state index contributed by atoms with van der Waals surface area (Å²) in [6, 6.07) is 1.54. The number of hydrogen-bond acceptors (Lipinski definition) is 4. The maximum absolute atomic E-state index is 12.5. The normalized spacial score (nSPS) is 21.5. The van der Waals surface area contributed by atoms with Crippen LogP contribution in [0.5, 0.6) is 0 Å². The highest BCUT2D eigenvalue weighted by atomic mass is 32.1. The highest BCUT2D eigenvalue weighted by Crippen LogP contribution is 2.35. The van der Waals surface area contributed by atoms with Crippen LogP contribution in [0.25, 0.3) is 0 Å². The first-order valence-electron chi connectivity index (χ1n) is 6.87. The molecule has 2 amide bonds. The fourth-order valence-corrected chi connectivity index (χ4v) is 3.43. The number of allylic oxidation sites excluding steroid dienone is 2. The van der Waals surface area contributed by atoms with E-state index < -0.39 is 23.7 Å². The molecule has 0 radical (unpaired) electrons. The van der Waals surface area contributed by atoms with Crippen molar-refractivity contribution < 1.29 is 19.5 Å². The number of amides is 2. The van der Waals surface area contributed by atoms with Crippen molar-refractivity contribution in [3.8, 4) is 0 Å². The Kier molecular flexibility index (Phi) is 4.65. The fourth-order valence-electron chi connectivity index (χ4n) is 2.63. The lowest BCUT2D eigenvalue weighted by atomic mass is 9.76. The van der Waals surface area contributed by atoms with E-state index in [1.807, 2.05) is 13.8 Å². The van der Waals surface area contributed by atoms with Crippen LogP contribution >= 0.6 is 11.3 Å². The predicted molar refractivity (Wildman–Crippen MR) is 83.7 cm³/mol. The molecule has 22 heavy (non-hydrogen) atoms. The van der Waals surface area contributed by atoms with Gasteiger partial charge in [-0.15, -0.1) is 11.3 Å². The molecule has 2 atom stereocenters. The average molecular weight is 322 g/mol. The van der Waals surface area contributed by atoms with Crippen LogP contribution in [0.3, 0.4) is 0 Å². The molecule has 0 spiro atoms. The van der Waals surface area contributed by atoms with Crippen molar-refractivity contribution in [3.05, 3.63) is 28.2 Å². The Balaban J connectivity index is 2.22. The smallest absolute Gasteiger partial charge is 0.307 e. The lowest BCUT2D eigenvalue weighted by Crippen LogP contribution is -2.36. The molecule has 0 aromatic carbocycles. The van der Waals surface area contributed by atoms with Gasteiger partial charge in [0.05, 0.1) is 17.4 Å². The summed E-state index contributed by atoms with van der Waals surface area (Å²) in [6.07, 6.45) is 0.776. The van der Waals surface area contributed by atoms with Crippen LogP contribution in [-0.2, 0) is 9.59 Å². The van der Waals surface area contributed by atoms with Crippen molar-refractivity contribution in [2.75, 3.05) is 5.32 Å². The molecule has 2 rings (SSSR count). The van der Waals surface area contributed by atoms with E-state index in [1.165, 1.54) is 17.4 Å². The summed E-state index contributed by atoms with van der Waals surface area (Å²) in [5.41, 5.74) is 7.54. The molecule has 0 fully saturated rings. The molecule has 1 aliphatic carbocycles. The summed E-state index contributed by atoms with van der Waals surface area (Å²) in [4.78, 5) is 35.2. The second kappa shape index (κ2) is 6.31. The summed E-state index contributed by atoms with van der Waals surface area (Å²) in [7, 11) is 0. The minimum atomic E-state index is -0.978. The van der Waals surface area contributed by atoms with Gasteiger partial charge in [-0.1, -0.05) is 11.1 Å². The maximum atomic E-state index is 12.5. The van der Waals surface area contributed by atoms with E-state index in [-0.39, 0.29) is 11.5 Å². The molecule has 1 aromatic rings. The Labute approximate surface area is 132 Å². The van der Waals surface area contributed by atoms with Gasteiger partial charge in [-0.3, -0.25) is 14.4 Å². The third kappa shape index (κ3) is 3.19. The van der Waals surface area contributed by atoms with Gasteiger partial charge in [0, 0.05) is 0 Å². The molecule has 0 saturated carbocycles. The first kappa shape index (κ1) is 16.2. The Hall–Kier alpha value is -2.15. The van der Waals surface area contributed by atoms with E-state index in [1.54, 1.807) is 5.38 Å². The van der Waals surface area contributed by atoms with Gasteiger partial charge in [-0.25, -0.2) is 0 Å². The van der Waals surface area contributed by atoms with E-state index >= 15 is 0 Å². The lowest BCUT2D eigenvalue weighted by Gasteiger charge is -2.29. The van der Waals surface area contributed by atoms with Gasteiger partial charge in [-0.05, 0) is 38.1 Å². The van der Waals surface area contributed by atoms with Crippen LogP contribution < -0.4 is 11.1 Å². The second-order valence-corrected chi connectivity index (χ2v) is 6.45. The summed E-state index contributed by atoms with van der Waals surface area (Å²) >= 11 is 1.19. The average Bonchev–Trinajstić information content (AvgIpc) is 2.89. The van der Waals surface area contributed by atoms with Crippen molar-refractivity contribution in [3.63, 3.8) is 0 Å². The highest BCUT2D eigenvalue weighted by Gasteiger charge is 2.37. The second-order valence-electron chi connectivity index (χ2n) is 5.54. The number of nitrogens with two attached hydrogens (primary N) is 1. The molecule has 1 heterocycles. The standard InChI is InChI=1S/C15H18N2O4S/c1-7-5-10(11(15(20)21)6-8(7)2)13(19)17-14-9(12(16)18)3-4-22-14/h3-4,10-11H,5-6H2,1-2H3,(H2,16,18)(H,17,19)(H,20,21)/t10-,11-/m0/s1. The predicted octanol–water partition coefficient (Wildman–Crippen LogP) is 2.23. The molecule has 1 aliphatic rings. The van der Waals surface area contributed by atoms with Gasteiger partial charge in [-0.2, -0.15) is 0 Å². The molecule has 7 heteroatoms. The first-order chi connectivity index (χ1) is 10.3. The zero-order valence-electron chi connectivity index (χ0n) is 12.4. The largest absolute Gasteiger partial charge is 0.481 e. The summed E-state index contributed by atoms with van der Waals surface area (Å²) in [5.74, 6) is -3.39. The topological polar surface area (TPSA) is 109 Å². The minimum Gasteiger partial charge on any atom is -0.481 e. The van der Waals surface area contributed by atoms with Gasteiger partial charge in [0.15, 0.2) is 0 Å². The van der Waals surface area contributed by atoms with Gasteiger partial charge in [0.25, 0.3) is 5.91 Å². The Bertz CT molecular complexity index is 662. The monoisotopic (exact) mass is 322 g/mol. The number of hydrogen-bond donors (Lipinski definition) is 3. The number of rotatable bonds is 4. The fraction of sp³-hybridized carbons (Fsp3) is 0.400. The molecule has 0 aliphatic heterocycles. The quantitative estimate of drug-likeness (QED) is 0.738. The minimum absolute atomic E-state index is 0.240. The third-order valence-corrected chi connectivity index (χ3v) is 4.92. The van der Waals surface area contributed by atoms with Gasteiger partial charge < -0.3 is 16.2 Å². The van der Waals surface area contributed by atoms with E-state index in [2.05, 4.69) is 5.32 Å². The molecule has 4 N–H and O–H groups in total. The van der Waals surface area contributed by atoms with Crippen LogP contribution in [0.4, 0.5) is 5.00 Å². The molecule has 6 nitrogen and oxygen atoms in total. The molecule has 0 unspecified atom stereocenters. The number of carboxylic acids is 1. The first-order valence-corrected chi connectivity index (χ1v) is 7.75. The maximum Gasteiger partial charge on any atom is 0.307 e. The lowest BCUT2D eigenvalue weighted by molar-refractivity contribution is -0.146. The van der Waals surface area contributed by atoms with Crippen LogP contribution in [0.2, 0.25) is 0 Å². The number of carboxylic acid groups (broad SMARTS) is 1. The molecule has 1 aromatic heterocycles. The van der Waals surface area contributed by atoms with E-state index in [0.29, 0.717) is 17.8 Å². The number of anilines is 1. The molecular weight excluding hydrogens is 304 g/mol. The zero-order valence-corrected chi connectivity index (χ0v) is 13.2. The molecule has 0 bridgehead atoms. The molecular formula is C15H18N2O4S. The summed E-state index contributed by atoms with van der Waals surface area (Å²) in [6.45, 7) is 3.80. The summed E-state index contributed by atoms with van der Waals surface area (Å²) < 4.78 is 0. The van der Waals surface area contributed by atoms with E-state index in [4.69, 9.17) is 5.73 Å². The van der Waals surface area contributed by atoms with Gasteiger partial charge in [0.2, 0.25) is 5.91 Å². The van der Waals surface area contributed by atoms with Crippen molar-refractivity contribution in [1.82, 2.24) is 0 Å². The number of nitrogens with one attached hydrogen (secondary N) is 1. The highest BCUT2D eigenvalue weighted by molar-refractivity contribution is 7.14. The van der Waals surface area contributed by atoms with Crippen LogP contribution in [0, 0.1) is 11.8 Å².